The second-order valence-electron chi connectivity index (χ2n) is 29.3. The predicted molar refractivity (Wildman–Crippen MR) is 373 cm³/mol. The summed E-state index contributed by atoms with van der Waals surface area (Å²) in [6.45, 7) is 35.3. The van der Waals surface area contributed by atoms with Crippen molar-refractivity contribution in [3.05, 3.63) is 33.4 Å². The van der Waals surface area contributed by atoms with Gasteiger partial charge in [0.15, 0.2) is 0 Å². The summed E-state index contributed by atoms with van der Waals surface area (Å²) in [6, 6.07) is 0. The molecule has 0 aliphatic heterocycles. The van der Waals surface area contributed by atoms with E-state index in [1.165, 1.54) is 212 Å². The van der Waals surface area contributed by atoms with Crippen LogP contribution in [-0.4, -0.2) is 33.1 Å². The van der Waals surface area contributed by atoms with Crippen LogP contribution in [0, 0.1) is 35.5 Å². The van der Waals surface area contributed by atoms with Crippen molar-refractivity contribution in [2.24, 2.45) is 35.5 Å². The molecule has 7 heteroatoms. The third-order valence-corrected chi connectivity index (χ3v) is 18.6. The smallest absolute Gasteiger partial charge is 0.551 e. The minimum atomic E-state index is -3.36. The zero-order chi connectivity index (χ0) is 63.3. The average molecular weight is 1210 g/mol. The highest BCUT2D eigenvalue weighted by atomic mass is 27.3. The third kappa shape index (κ3) is 52.6. The lowest BCUT2D eigenvalue weighted by Crippen LogP contribution is -2.34. The summed E-state index contributed by atoms with van der Waals surface area (Å²) in [5, 5.41) is 0. The van der Waals surface area contributed by atoms with Crippen molar-refractivity contribution in [3.63, 3.8) is 0 Å². The van der Waals surface area contributed by atoms with Gasteiger partial charge < -0.3 is 11.4 Å². The third-order valence-electron chi connectivity index (χ3n) is 17.2. The second-order valence-corrected chi connectivity index (χ2v) is 30.6. The van der Waals surface area contributed by atoms with Crippen LogP contribution in [0.5, 0.6) is 0 Å². The summed E-state index contributed by atoms with van der Waals surface area (Å²) in [5.74, 6) is 2.77. The van der Waals surface area contributed by atoms with Crippen molar-refractivity contribution >= 4 is 33.1 Å². The molecule has 0 bridgehead atoms. The Morgan fingerprint density at radius 3 is 0.518 bits per heavy atom. The molecular formula is C78H147AlO6. The van der Waals surface area contributed by atoms with E-state index in [0.29, 0.717) is 54.8 Å². The first-order chi connectivity index (χ1) is 40.8. The lowest BCUT2D eigenvalue weighted by Gasteiger charge is -2.20. The molecule has 0 saturated carbocycles. The fourth-order valence-corrected chi connectivity index (χ4v) is 14.0. The van der Waals surface area contributed by atoms with E-state index in [1.807, 2.05) is 0 Å². The van der Waals surface area contributed by atoms with Crippen molar-refractivity contribution in [3.8, 4) is 0 Å². The monoisotopic (exact) mass is 1210 g/mol. The Bertz CT molecular complexity index is 1500. The number of allylic oxidation sites excluding steroid dienone is 6. The summed E-state index contributed by atoms with van der Waals surface area (Å²) in [4.78, 5) is 40.1. The van der Waals surface area contributed by atoms with Crippen molar-refractivity contribution in [2.75, 3.05) is 0 Å². The van der Waals surface area contributed by atoms with Crippen molar-refractivity contribution in [2.45, 2.75) is 412 Å². The molecule has 0 fully saturated rings. The van der Waals surface area contributed by atoms with Gasteiger partial charge in [-0.05, 0) is 170 Å². The second kappa shape index (κ2) is 57.3. The van der Waals surface area contributed by atoms with Gasteiger partial charge in [-0.25, -0.2) is 0 Å². The maximum absolute atomic E-state index is 13.4. The fraction of sp³-hybridized carbons (Fsp3) is 0.885. The minimum Gasteiger partial charge on any atom is -0.551 e. The van der Waals surface area contributed by atoms with E-state index in [0.717, 1.165) is 57.8 Å². The first kappa shape index (κ1) is 83.2. The molecule has 0 aromatic rings. The van der Waals surface area contributed by atoms with Crippen LogP contribution in [0.4, 0.5) is 0 Å². The highest BCUT2D eigenvalue weighted by Crippen LogP contribution is 2.33. The fourth-order valence-electron chi connectivity index (χ4n) is 12.8. The van der Waals surface area contributed by atoms with E-state index in [4.69, 9.17) is 11.4 Å². The van der Waals surface area contributed by atoms with Crippen LogP contribution in [0.2, 0.25) is 0 Å². The molecule has 6 nitrogen and oxygen atoms in total. The van der Waals surface area contributed by atoms with Gasteiger partial charge in [-0.1, -0.05) is 291 Å². The van der Waals surface area contributed by atoms with Gasteiger partial charge in [-0.2, -0.15) is 0 Å². The van der Waals surface area contributed by atoms with Crippen LogP contribution < -0.4 is 0 Å². The maximum Gasteiger partial charge on any atom is 1.20 e. The Balaban J connectivity index is 5.63. The molecule has 0 amide bonds. The van der Waals surface area contributed by atoms with Crippen LogP contribution in [0.1, 0.15) is 412 Å². The molecule has 0 unspecified atom stereocenters. The van der Waals surface area contributed by atoms with Gasteiger partial charge in [0.25, 0.3) is 17.9 Å². The Morgan fingerprint density at radius 1 is 0.224 bits per heavy atom. The van der Waals surface area contributed by atoms with Crippen molar-refractivity contribution < 1.29 is 25.7 Å². The van der Waals surface area contributed by atoms with E-state index in [1.54, 1.807) is 33.4 Å². The number of carbonyl (C=O) groups excluding carboxylic acids is 3. The van der Waals surface area contributed by atoms with Gasteiger partial charge in [0, 0.05) is 19.3 Å². The van der Waals surface area contributed by atoms with Gasteiger partial charge in [0.1, 0.15) is 0 Å². The molecule has 0 aromatic heterocycles. The average Bonchev–Trinajstić information content (AvgIpc) is 3.62. The predicted octanol–water partition coefficient (Wildman–Crippen LogP) is 26.2. The van der Waals surface area contributed by atoms with Gasteiger partial charge >= 0.3 is 15.1 Å². The number of hydrogen-bond acceptors (Lipinski definition) is 6. The van der Waals surface area contributed by atoms with Crippen LogP contribution in [0.3, 0.4) is 0 Å². The molecule has 0 N–H and O–H groups in total. The zero-order valence-electron chi connectivity index (χ0n) is 59.9. The number of carbonyl (C=O) groups is 3. The molecule has 0 heterocycles. The Morgan fingerprint density at radius 2 is 0.365 bits per heavy atom. The summed E-state index contributed by atoms with van der Waals surface area (Å²) in [5.41, 5.74) is 10.4. The van der Waals surface area contributed by atoms with E-state index in [-0.39, 0.29) is 19.3 Å². The zero-order valence-corrected chi connectivity index (χ0v) is 61.1. The van der Waals surface area contributed by atoms with E-state index in [2.05, 4.69) is 104 Å². The van der Waals surface area contributed by atoms with E-state index >= 15 is 0 Å². The molecule has 498 valence electrons. The molecule has 85 heavy (non-hydrogen) atoms. The maximum atomic E-state index is 13.4. The van der Waals surface area contributed by atoms with Gasteiger partial charge in [0.2, 0.25) is 0 Å². The Labute approximate surface area is 536 Å². The molecule has 0 aliphatic carbocycles. The van der Waals surface area contributed by atoms with Gasteiger partial charge in [-0.3, -0.25) is 14.4 Å². The number of rotatable bonds is 60. The highest BCUT2D eigenvalue weighted by Gasteiger charge is 2.48. The summed E-state index contributed by atoms with van der Waals surface area (Å²) in [6.07, 6.45) is 54.8. The molecule has 0 aromatic carbocycles. The Hall–Kier alpha value is -1.84. The molecule has 0 aliphatic rings. The normalized spacial score (nSPS) is 13.0. The standard InChI is InChI=1S/3C26H50O2.Al/c3*1-6-7-8-9-11-14-17-24(20-22(2)3)25(21-23(4)5)18-15-12-10-13-16-19-26(27)28;/h3*22-23H,6-21H2,1-5H3,(H,27,28);/q;;;+3/p-3/b3*25-24-;. The van der Waals surface area contributed by atoms with E-state index in [9.17, 15) is 14.4 Å². The van der Waals surface area contributed by atoms with Crippen LogP contribution in [-0.2, 0) is 25.7 Å². The van der Waals surface area contributed by atoms with Gasteiger partial charge in [-0.15, -0.1) is 0 Å². The summed E-state index contributed by atoms with van der Waals surface area (Å²) < 4.78 is 17.4. The lowest BCUT2D eigenvalue weighted by molar-refractivity contribution is -0.148. The van der Waals surface area contributed by atoms with Crippen molar-refractivity contribution in [1.29, 1.82) is 0 Å². The first-order valence-corrected chi connectivity index (χ1v) is 38.9. The number of hydrogen-bond donors (Lipinski definition) is 0. The SMILES string of the molecule is CCCCCCCC/C(CC(C)C)=C(\CCCCCCCC(=O)[O][Al]([O]C(=O)CCCCCCC/C(CC(C)C)=C(\CCCCCCCC)CC(C)C)[O]C(=O)CCCCCCC/C(CC(C)C)=C(\CCCCCCCC)CC(C)C)CC(C)C. The molecule has 0 atom stereocenters. The summed E-state index contributed by atoms with van der Waals surface area (Å²) >= 11 is -3.36. The summed E-state index contributed by atoms with van der Waals surface area (Å²) in [7, 11) is 0. The quantitative estimate of drug-likeness (QED) is 0.0343. The largest absolute Gasteiger partial charge is 1.20 e. The number of unbranched alkanes of at least 4 members (excludes halogenated alkanes) is 27. The van der Waals surface area contributed by atoms with Crippen LogP contribution in [0.15, 0.2) is 33.4 Å². The molecule has 0 radical (unpaired) electrons. The molecule has 0 saturated heterocycles. The van der Waals surface area contributed by atoms with Crippen LogP contribution in [0.25, 0.3) is 0 Å². The lowest BCUT2D eigenvalue weighted by atomic mass is 9.87. The van der Waals surface area contributed by atoms with E-state index < -0.39 is 33.1 Å². The van der Waals surface area contributed by atoms with Crippen molar-refractivity contribution in [1.82, 2.24) is 0 Å². The topological polar surface area (TPSA) is 78.9 Å². The molecule has 0 rings (SSSR count). The van der Waals surface area contributed by atoms with Gasteiger partial charge in [0.05, 0.1) is 0 Å². The molecule has 0 spiro atoms. The molecular weight excluding hydrogens is 1060 g/mol. The first-order valence-electron chi connectivity index (χ1n) is 37.5. The van der Waals surface area contributed by atoms with Crippen LogP contribution >= 0.6 is 0 Å². The highest BCUT2D eigenvalue weighted by molar-refractivity contribution is 6.44. The minimum absolute atomic E-state index is 0.242. The Kier molecular flexibility index (Phi) is 56.1.